The second kappa shape index (κ2) is 12.0. The maximum atomic E-state index is 14.4. The maximum Gasteiger partial charge on any atom is 0.260 e. The third-order valence-electron chi connectivity index (χ3n) is 7.24. The lowest BCUT2D eigenvalue weighted by molar-refractivity contribution is 0.102. The van der Waals surface area contributed by atoms with Gasteiger partial charge in [-0.15, -0.1) is 11.3 Å². The van der Waals surface area contributed by atoms with Crippen LogP contribution in [0.4, 0.5) is 27.4 Å². The molecule has 1 aliphatic rings. The van der Waals surface area contributed by atoms with E-state index in [2.05, 4.69) is 32.7 Å². The van der Waals surface area contributed by atoms with Gasteiger partial charge in [0.2, 0.25) is 5.95 Å². The van der Waals surface area contributed by atoms with E-state index in [9.17, 15) is 9.18 Å². The Morgan fingerprint density at radius 2 is 1.80 bits per heavy atom. The third kappa shape index (κ3) is 5.60. The molecule has 0 saturated carbocycles. The summed E-state index contributed by atoms with van der Waals surface area (Å²) < 4.78 is 21.8. The van der Waals surface area contributed by atoms with Gasteiger partial charge in [-0.3, -0.25) is 9.20 Å². The number of rotatable bonds is 7. The van der Waals surface area contributed by atoms with Crippen LogP contribution in [-0.2, 0) is 4.74 Å². The molecule has 0 radical (unpaired) electrons. The Kier molecular flexibility index (Phi) is 7.65. The van der Waals surface area contributed by atoms with Crippen LogP contribution in [0.1, 0.15) is 10.4 Å². The van der Waals surface area contributed by atoms with Crippen LogP contribution in [0, 0.1) is 5.82 Å². The van der Waals surface area contributed by atoms with Crippen LogP contribution in [-0.4, -0.2) is 51.6 Å². The number of halogens is 2. The molecule has 1 saturated heterocycles. The quantitative estimate of drug-likeness (QED) is 0.195. The summed E-state index contributed by atoms with van der Waals surface area (Å²) in [5, 5.41) is 8.07. The molecule has 3 aromatic heterocycles. The number of thiazole rings is 1. The van der Waals surface area contributed by atoms with Crippen molar-refractivity contribution >= 4 is 56.8 Å². The summed E-state index contributed by atoms with van der Waals surface area (Å²) in [7, 11) is 0. The number of nitrogens with zero attached hydrogens (tertiary/aromatic N) is 5. The van der Waals surface area contributed by atoms with E-state index in [0.717, 1.165) is 53.9 Å². The Morgan fingerprint density at radius 1 is 0.977 bits per heavy atom. The number of carbonyl (C=O) groups excluding carboxylic acids is 1. The second-order valence-corrected chi connectivity index (χ2v) is 11.3. The lowest BCUT2D eigenvalue weighted by Gasteiger charge is -2.28. The molecule has 9 nitrogen and oxygen atoms in total. The van der Waals surface area contributed by atoms with Gasteiger partial charge in [0.25, 0.3) is 5.91 Å². The van der Waals surface area contributed by atoms with E-state index in [-0.39, 0.29) is 10.6 Å². The van der Waals surface area contributed by atoms with Crippen molar-refractivity contribution in [2.24, 2.45) is 0 Å². The molecule has 1 amide bonds. The number of amides is 1. The highest BCUT2D eigenvalue weighted by Crippen LogP contribution is 2.35. The van der Waals surface area contributed by atoms with E-state index in [1.54, 1.807) is 24.4 Å². The van der Waals surface area contributed by atoms with Crippen LogP contribution in [0.5, 0.6) is 0 Å². The fraction of sp³-hybridized carbons (Fsp3) is 0.125. The molecular formula is C32H25ClFN7O2S. The lowest BCUT2D eigenvalue weighted by atomic mass is 10.1. The van der Waals surface area contributed by atoms with Gasteiger partial charge in [0, 0.05) is 53.5 Å². The van der Waals surface area contributed by atoms with Crippen LogP contribution in [0.15, 0.2) is 90.6 Å². The van der Waals surface area contributed by atoms with Crippen molar-refractivity contribution in [1.29, 1.82) is 0 Å². The fourth-order valence-corrected chi connectivity index (χ4v) is 6.10. The SMILES string of the molecule is O=C(Nc1cccc(-c2nc3sccn3c2-c2ccnc(Nc3ccc(N4CCOCC4)cc3)n2)c1)c1c(F)cccc1Cl. The molecule has 0 spiro atoms. The monoisotopic (exact) mass is 625 g/mol. The van der Waals surface area contributed by atoms with Gasteiger partial charge < -0.3 is 20.3 Å². The zero-order valence-electron chi connectivity index (χ0n) is 23.2. The summed E-state index contributed by atoms with van der Waals surface area (Å²) in [4.78, 5) is 30.2. The molecule has 1 aliphatic heterocycles. The summed E-state index contributed by atoms with van der Waals surface area (Å²) >= 11 is 7.61. The van der Waals surface area contributed by atoms with E-state index in [1.165, 1.54) is 29.5 Å². The van der Waals surface area contributed by atoms with Gasteiger partial charge in [-0.05, 0) is 54.6 Å². The third-order valence-corrected chi connectivity index (χ3v) is 8.32. The molecule has 0 atom stereocenters. The van der Waals surface area contributed by atoms with Crippen LogP contribution in [0.25, 0.3) is 27.6 Å². The standard InChI is InChI=1S/C32H25ClFN7O2S/c33-24-5-2-6-25(34)27(24)30(42)36-22-4-1-3-20(19-22)28-29(41-15-18-44-32(41)39-28)26-11-12-35-31(38-26)37-21-7-9-23(10-8-21)40-13-16-43-17-14-40/h1-12,15,18-19H,13-14,16-17H2,(H,36,42)(H,35,37,38). The number of ether oxygens (including phenoxy) is 1. The molecule has 44 heavy (non-hydrogen) atoms. The van der Waals surface area contributed by atoms with Crippen LogP contribution in [0.2, 0.25) is 5.02 Å². The number of hydrogen-bond donors (Lipinski definition) is 2. The molecule has 0 aliphatic carbocycles. The average Bonchev–Trinajstić information content (AvgIpc) is 3.64. The summed E-state index contributed by atoms with van der Waals surface area (Å²) in [6, 6.07) is 21.4. The van der Waals surface area contributed by atoms with Gasteiger partial charge in [0.05, 0.1) is 35.2 Å². The smallest absolute Gasteiger partial charge is 0.260 e. The second-order valence-electron chi connectivity index (χ2n) is 10.0. The van der Waals surface area contributed by atoms with Crippen molar-refractivity contribution < 1.29 is 13.9 Å². The lowest BCUT2D eigenvalue weighted by Crippen LogP contribution is -2.36. The van der Waals surface area contributed by atoms with Gasteiger partial charge in [-0.2, -0.15) is 0 Å². The Balaban J connectivity index is 1.17. The first kappa shape index (κ1) is 28.0. The Morgan fingerprint density at radius 3 is 2.61 bits per heavy atom. The van der Waals surface area contributed by atoms with Crippen molar-refractivity contribution in [3.63, 3.8) is 0 Å². The Labute approximate surface area is 260 Å². The first-order valence-electron chi connectivity index (χ1n) is 13.9. The molecule has 6 aromatic rings. The van der Waals surface area contributed by atoms with Crippen molar-refractivity contribution in [2.45, 2.75) is 0 Å². The average molecular weight is 626 g/mol. The van der Waals surface area contributed by atoms with Gasteiger partial charge >= 0.3 is 0 Å². The predicted octanol–water partition coefficient (Wildman–Crippen LogP) is 7.14. The molecule has 1 fully saturated rings. The van der Waals surface area contributed by atoms with Crippen LogP contribution < -0.4 is 15.5 Å². The zero-order valence-corrected chi connectivity index (χ0v) is 24.8. The minimum absolute atomic E-state index is 0.0384. The topological polar surface area (TPSA) is 96.7 Å². The first-order valence-corrected chi connectivity index (χ1v) is 15.1. The van der Waals surface area contributed by atoms with E-state index in [1.807, 2.05) is 40.2 Å². The van der Waals surface area contributed by atoms with Gasteiger partial charge in [0.15, 0.2) is 4.96 Å². The van der Waals surface area contributed by atoms with E-state index in [4.69, 9.17) is 26.3 Å². The summed E-state index contributed by atoms with van der Waals surface area (Å²) in [6.07, 6.45) is 3.65. The van der Waals surface area contributed by atoms with E-state index < -0.39 is 11.7 Å². The maximum absolute atomic E-state index is 14.4. The molecule has 220 valence electrons. The molecule has 12 heteroatoms. The van der Waals surface area contributed by atoms with Gasteiger partial charge in [-0.1, -0.05) is 29.8 Å². The van der Waals surface area contributed by atoms with Crippen molar-refractivity contribution in [3.8, 4) is 22.6 Å². The predicted molar refractivity (Wildman–Crippen MR) is 172 cm³/mol. The number of aromatic nitrogens is 4. The number of hydrogen-bond acceptors (Lipinski definition) is 8. The molecule has 2 N–H and O–H groups in total. The first-order chi connectivity index (χ1) is 21.5. The normalized spacial score (nSPS) is 13.3. The number of morpholine rings is 1. The highest BCUT2D eigenvalue weighted by molar-refractivity contribution is 7.15. The largest absolute Gasteiger partial charge is 0.378 e. The number of anilines is 4. The molecule has 0 unspecified atom stereocenters. The fourth-order valence-electron chi connectivity index (χ4n) is 5.14. The molecular weight excluding hydrogens is 601 g/mol. The Hall–Kier alpha value is -4.84. The zero-order chi connectivity index (χ0) is 30.0. The number of fused-ring (bicyclic) bond motifs is 1. The molecule has 4 heterocycles. The molecule has 7 rings (SSSR count). The van der Waals surface area contributed by atoms with E-state index >= 15 is 0 Å². The van der Waals surface area contributed by atoms with Gasteiger partial charge in [-0.25, -0.2) is 19.3 Å². The van der Waals surface area contributed by atoms with Gasteiger partial charge in [0.1, 0.15) is 11.5 Å². The minimum Gasteiger partial charge on any atom is -0.378 e. The number of nitrogens with one attached hydrogen (secondary N) is 2. The highest BCUT2D eigenvalue weighted by Gasteiger charge is 2.20. The summed E-state index contributed by atoms with van der Waals surface area (Å²) in [5.74, 6) is -0.884. The van der Waals surface area contributed by atoms with E-state index in [0.29, 0.717) is 23.0 Å². The number of imidazole rings is 1. The highest BCUT2D eigenvalue weighted by atomic mass is 35.5. The number of carbonyl (C=O) groups is 1. The van der Waals surface area contributed by atoms with Crippen LogP contribution >= 0.6 is 22.9 Å². The Bertz CT molecular complexity index is 1950. The summed E-state index contributed by atoms with van der Waals surface area (Å²) in [6.45, 7) is 3.21. The molecule has 3 aromatic carbocycles. The van der Waals surface area contributed by atoms with Crippen molar-refractivity contribution in [2.75, 3.05) is 41.8 Å². The van der Waals surface area contributed by atoms with Crippen LogP contribution in [0.3, 0.4) is 0 Å². The van der Waals surface area contributed by atoms with Crippen molar-refractivity contribution in [3.05, 3.63) is 107 Å². The number of benzene rings is 3. The minimum atomic E-state index is -0.691. The summed E-state index contributed by atoms with van der Waals surface area (Å²) in [5.41, 5.74) is 5.14. The van der Waals surface area contributed by atoms with Crippen molar-refractivity contribution in [1.82, 2.24) is 19.4 Å². The molecule has 0 bridgehead atoms.